The molecule has 4 aromatic heterocycles. The van der Waals surface area contributed by atoms with Crippen LogP contribution in [0.4, 0.5) is 0 Å². The Morgan fingerprint density at radius 2 is 1.26 bits per heavy atom. The van der Waals surface area contributed by atoms with Crippen LogP contribution < -0.4 is 0 Å². The van der Waals surface area contributed by atoms with E-state index in [1.54, 1.807) is 18.7 Å². The highest BCUT2D eigenvalue weighted by atomic mass is 14.8. The number of nitrogens with one attached hydrogen (secondary N) is 3. The summed E-state index contributed by atoms with van der Waals surface area (Å²) in [5.74, 6) is 0. The number of hydrogen-bond donors (Lipinski definition) is 3. The summed E-state index contributed by atoms with van der Waals surface area (Å²) in [7, 11) is 0. The molecule has 6 nitrogen and oxygen atoms in total. The Labute approximate surface area is 201 Å². The number of fused-ring (bicyclic) bond motifs is 8. The quantitative estimate of drug-likeness (QED) is 0.257. The highest BCUT2D eigenvalue weighted by molar-refractivity contribution is 5.87. The molecule has 6 heteroatoms. The van der Waals surface area contributed by atoms with Crippen molar-refractivity contribution in [3.05, 3.63) is 114 Å². The molecule has 6 heterocycles. The van der Waals surface area contributed by atoms with Gasteiger partial charge in [-0.1, -0.05) is 30.3 Å². The molecule has 168 valence electrons. The Balaban J connectivity index is 0.000000410. The first-order chi connectivity index (χ1) is 17.3. The molecule has 0 unspecified atom stereocenters. The lowest BCUT2D eigenvalue weighted by Crippen LogP contribution is -1.78. The summed E-state index contributed by atoms with van der Waals surface area (Å²) < 4.78 is 0. The second kappa shape index (κ2) is 9.11. The van der Waals surface area contributed by atoms with Gasteiger partial charge in [-0.15, -0.1) is 0 Å². The molecule has 2 aliphatic rings. The van der Waals surface area contributed by atoms with E-state index in [1.807, 2.05) is 42.5 Å². The van der Waals surface area contributed by atoms with Gasteiger partial charge in [0, 0.05) is 40.0 Å². The van der Waals surface area contributed by atoms with Crippen LogP contribution in [0.2, 0.25) is 0 Å². The minimum atomic E-state index is 0.903. The molecule has 0 aliphatic carbocycles. The minimum Gasteiger partial charge on any atom is -0.355 e. The van der Waals surface area contributed by atoms with Crippen LogP contribution in [0, 0.1) is 0 Å². The van der Waals surface area contributed by atoms with Crippen LogP contribution in [-0.2, 0) is 0 Å². The van der Waals surface area contributed by atoms with Crippen molar-refractivity contribution in [2.75, 3.05) is 0 Å². The number of H-pyrrole nitrogens is 3. The number of hydrogen-bond acceptors (Lipinski definition) is 3. The largest absolute Gasteiger partial charge is 0.355 e. The first-order valence-electron chi connectivity index (χ1n) is 11.4. The molecule has 0 saturated carbocycles. The fourth-order valence-electron chi connectivity index (χ4n) is 4.09. The molecule has 35 heavy (non-hydrogen) atoms. The molecule has 0 radical (unpaired) electrons. The smallest absolute Gasteiger partial charge is 0.0919 e. The number of imidazole rings is 1. The van der Waals surface area contributed by atoms with Crippen molar-refractivity contribution in [1.82, 2.24) is 29.9 Å². The fourth-order valence-corrected chi connectivity index (χ4v) is 4.09. The molecule has 0 spiro atoms. The molecular weight excluding hydrogens is 432 g/mol. The van der Waals surface area contributed by atoms with E-state index in [0.717, 1.165) is 50.4 Å². The Bertz CT molecular complexity index is 1670. The summed E-state index contributed by atoms with van der Waals surface area (Å²) in [5, 5.41) is 0. The van der Waals surface area contributed by atoms with Crippen molar-refractivity contribution < 1.29 is 0 Å². The van der Waals surface area contributed by atoms with Crippen molar-refractivity contribution in [1.29, 1.82) is 0 Å². The first kappa shape index (κ1) is 20.6. The van der Waals surface area contributed by atoms with E-state index in [4.69, 9.17) is 4.98 Å². The minimum absolute atomic E-state index is 0.903. The van der Waals surface area contributed by atoms with Crippen molar-refractivity contribution >= 4 is 46.4 Å². The molecule has 1 aromatic carbocycles. The van der Waals surface area contributed by atoms with E-state index in [-0.39, 0.29) is 0 Å². The van der Waals surface area contributed by atoms with E-state index < -0.39 is 0 Å². The predicted octanol–water partition coefficient (Wildman–Crippen LogP) is 6.73. The molecule has 5 aromatic rings. The van der Waals surface area contributed by atoms with Crippen LogP contribution in [0.15, 0.2) is 91.5 Å². The number of nitrogens with zero attached hydrogens (tertiary/aromatic N) is 3. The molecule has 0 fully saturated rings. The average molecular weight is 455 g/mol. The topological polar surface area (TPSA) is 86.0 Å². The highest BCUT2D eigenvalue weighted by Crippen LogP contribution is 2.27. The van der Waals surface area contributed by atoms with Crippen LogP contribution in [-0.4, -0.2) is 29.9 Å². The summed E-state index contributed by atoms with van der Waals surface area (Å²) in [6.07, 6.45) is 13.2. The van der Waals surface area contributed by atoms with E-state index >= 15 is 0 Å². The van der Waals surface area contributed by atoms with E-state index in [9.17, 15) is 0 Å². The van der Waals surface area contributed by atoms with Gasteiger partial charge >= 0.3 is 0 Å². The maximum absolute atomic E-state index is 4.76. The Morgan fingerprint density at radius 3 is 1.91 bits per heavy atom. The standard InChI is InChI=1S/C26H18N4.C3H4N2/c1-2-4-17(5-3-1)25-15-24-14-22-9-8-20(28-22)12-18-6-7-19(27-18)13-21-10-11-23(29-21)16-26(25)30-24;1-2-5-3-4-1/h1-16,28,30H;1-3H,(H,4,5). The van der Waals surface area contributed by atoms with Gasteiger partial charge in [-0.05, 0) is 72.3 Å². The highest BCUT2D eigenvalue weighted by Gasteiger charge is 2.06. The second-order valence-corrected chi connectivity index (χ2v) is 8.21. The first-order valence-corrected chi connectivity index (χ1v) is 11.4. The van der Waals surface area contributed by atoms with Gasteiger partial charge in [-0.2, -0.15) is 0 Å². The third-order valence-electron chi connectivity index (χ3n) is 5.66. The lowest BCUT2D eigenvalue weighted by Gasteiger charge is -1.97. The number of aromatic amines is 3. The van der Waals surface area contributed by atoms with Gasteiger partial charge in [0.2, 0.25) is 0 Å². The summed E-state index contributed by atoms with van der Waals surface area (Å²) in [5.41, 5.74) is 10.1. The molecule has 2 aliphatic heterocycles. The maximum Gasteiger partial charge on any atom is 0.0919 e. The van der Waals surface area contributed by atoms with Crippen molar-refractivity contribution in [2.24, 2.45) is 0 Å². The number of rotatable bonds is 1. The van der Waals surface area contributed by atoms with Crippen LogP contribution in [0.3, 0.4) is 0 Å². The van der Waals surface area contributed by atoms with Crippen LogP contribution in [0.25, 0.3) is 57.5 Å². The fraction of sp³-hybridized carbons (Fsp3) is 0. The third kappa shape index (κ3) is 4.72. The summed E-state index contributed by atoms with van der Waals surface area (Å²) in [6.45, 7) is 0. The van der Waals surface area contributed by atoms with Gasteiger partial charge in [-0.25, -0.2) is 15.0 Å². The monoisotopic (exact) mass is 454 g/mol. The lowest BCUT2D eigenvalue weighted by atomic mass is 10.1. The zero-order chi connectivity index (χ0) is 23.5. The second-order valence-electron chi connectivity index (χ2n) is 8.21. The Kier molecular flexibility index (Phi) is 5.37. The summed E-state index contributed by atoms with van der Waals surface area (Å²) in [4.78, 5) is 22.9. The Morgan fingerprint density at radius 1 is 0.571 bits per heavy atom. The SMILES string of the molecule is C1=Cc2cc3ccc(cc4cc(-c5ccccc5)c(cc5nc(cc1n2)C=C5)[nH]4)[nH]3.c1c[nH]cn1. The van der Waals surface area contributed by atoms with Crippen molar-refractivity contribution in [3.63, 3.8) is 0 Å². The molecule has 8 bridgehead atoms. The lowest BCUT2D eigenvalue weighted by molar-refractivity contribution is 1.28. The van der Waals surface area contributed by atoms with E-state index in [1.165, 1.54) is 5.56 Å². The van der Waals surface area contributed by atoms with E-state index in [0.29, 0.717) is 0 Å². The number of benzene rings is 1. The van der Waals surface area contributed by atoms with Gasteiger partial charge in [0.25, 0.3) is 0 Å². The van der Waals surface area contributed by atoms with Crippen LogP contribution >= 0.6 is 0 Å². The van der Waals surface area contributed by atoms with Crippen LogP contribution in [0.1, 0.15) is 22.8 Å². The third-order valence-corrected chi connectivity index (χ3v) is 5.66. The van der Waals surface area contributed by atoms with Gasteiger partial charge < -0.3 is 15.0 Å². The van der Waals surface area contributed by atoms with Gasteiger partial charge in [0.1, 0.15) is 0 Å². The normalized spacial score (nSPS) is 11.8. The zero-order valence-electron chi connectivity index (χ0n) is 18.8. The van der Waals surface area contributed by atoms with Gasteiger partial charge in [-0.3, -0.25) is 0 Å². The molecule has 0 amide bonds. The van der Waals surface area contributed by atoms with E-state index in [2.05, 4.69) is 79.5 Å². The van der Waals surface area contributed by atoms with Crippen molar-refractivity contribution in [2.45, 2.75) is 0 Å². The average Bonchev–Trinajstić information content (AvgIpc) is 3.69. The summed E-state index contributed by atoms with van der Waals surface area (Å²) in [6, 6.07) is 25.0. The summed E-state index contributed by atoms with van der Waals surface area (Å²) >= 11 is 0. The zero-order valence-corrected chi connectivity index (χ0v) is 18.8. The Hall–Kier alpha value is -4.97. The maximum atomic E-state index is 4.76. The molecule has 7 rings (SSSR count). The number of aromatic nitrogens is 6. The molecule has 0 atom stereocenters. The molecular formula is C29H22N6. The predicted molar refractivity (Wildman–Crippen MR) is 143 cm³/mol. The van der Waals surface area contributed by atoms with Crippen molar-refractivity contribution in [3.8, 4) is 11.1 Å². The van der Waals surface area contributed by atoms with Crippen LogP contribution in [0.5, 0.6) is 0 Å². The van der Waals surface area contributed by atoms with Gasteiger partial charge in [0.15, 0.2) is 0 Å². The molecule has 0 saturated heterocycles. The molecule has 3 N–H and O–H groups in total. The van der Waals surface area contributed by atoms with Gasteiger partial charge in [0.05, 0.1) is 29.1 Å².